The molecule has 3 rings (SSSR count). The molecule has 2 N–H and O–H groups in total. The van der Waals surface area contributed by atoms with Crippen LogP contribution in [-0.4, -0.2) is 37.0 Å². The van der Waals surface area contributed by atoms with Gasteiger partial charge in [0.15, 0.2) is 11.5 Å². The summed E-state index contributed by atoms with van der Waals surface area (Å²) in [7, 11) is 3.13. The number of hydrogen-bond donors (Lipinski definition) is 2. The predicted molar refractivity (Wildman–Crippen MR) is 117 cm³/mol. The summed E-state index contributed by atoms with van der Waals surface area (Å²) in [4.78, 5) is 19.0. The van der Waals surface area contributed by atoms with Gasteiger partial charge >= 0.3 is 0 Å². The lowest BCUT2D eigenvalue weighted by molar-refractivity contribution is 0.311. The van der Waals surface area contributed by atoms with Crippen LogP contribution in [0.2, 0.25) is 5.02 Å². The van der Waals surface area contributed by atoms with Crippen molar-refractivity contribution >= 4 is 23.8 Å². The molecule has 0 spiro atoms. The molecule has 9 heteroatoms. The molecule has 0 atom stereocenters. The van der Waals surface area contributed by atoms with E-state index in [2.05, 4.69) is 20.5 Å². The number of methoxy groups -OCH3 is 2. The third-order valence-corrected chi connectivity index (χ3v) is 4.33. The third-order valence-electron chi connectivity index (χ3n) is 4.05. The number of hydrazone groups is 1. The van der Waals surface area contributed by atoms with Crippen molar-refractivity contribution in [1.82, 2.24) is 9.97 Å². The number of ether oxygens (including phenoxy) is 3. The number of nitrogens with one attached hydrogen (secondary N) is 2. The zero-order valence-electron chi connectivity index (χ0n) is 16.7. The number of aromatic nitrogens is 2. The number of nitrogens with zero attached hydrogens (tertiary/aromatic N) is 2. The molecule has 0 saturated heterocycles. The maximum Gasteiger partial charge on any atom is 0.252 e. The first-order valence-electron chi connectivity index (χ1n) is 9.09. The van der Waals surface area contributed by atoms with Gasteiger partial charge in [0, 0.05) is 11.6 Å². The molecule has 30 heavy (non-hydrogen) atoms. The molecule has 0 unspecified atom stereocenters. The van der Waals surface area contributed by atoms with Gasteiger partial charge in [0.25, 0.3) is 5.56 Å². The number of aromatic amines is 1. The molecular formula is C21H21ClN4O4. The first-order chi connectivity index (χ1) is 14.5. The van der Waals surface area contributed by atoms with Crippen LogP contribution < -0.4 is 25.2 Å². The second kappa shape index (κ2) is 9.80. The molecule has 3 aromatic rings. The number of anilines is 1. The molecule has 0 amide bonds. The van der Waals surface area contributed by atoms with Crippen molar-refractivity contribution < 1.29 is 14.2 Å². The lowest BCUT2D eigenvalue weighted by atomic mass is 10.1. The van der Waals surface area contributed by atoms with Gasteiger partial charge in [-0.05, 0) is 48.9 Å². The molecule has 8 nitrogen and oxygen atoms in total. The van der Waals surface area contributed by atoms with E-state index in [0.717, 1.165) is 11.3 Å². The van der Waals surface area contributed by atoms with Crippen LogP contribution in [0.15, 0.2) is 52.4 Å². The molecule has 0 bridgehead atoms. The minimum Gasteiger partial charge on any atom is -0.497 e. The van der Waals surface area contributed by atoms with Gasteiger partial charge in [0.2, 0.25) is 5.95 Å². The van der Waals surface area contributed by atoms with Gasteiger partial charge in [-0.3, -0.25) is 9.78 Å². The Hall–Kier alpha value is -3.52. The highest BCUT2D eigenvalue weighted by molar-refractivity contribution is 6.32. The molecule has 1 heterocycles. The fourth-order valence-electron chi connectivity index (χ4n) is 2.69. The van der Waals surface area contributed by atoms with Crippen molar-refractivity contribution in [2.24, 2.45) is 5.10 Å². The monoisotopic (exact) mass is 428 g/mol. The molecule has 0 aliphatic carbocycles. The van der Waals surface area contributed by atoms with Gasteiger partial charge in [-0.1, -0.05) is 11.6 Å². The van der Waals surface area contributed by atoms with E-state index < -0.39 is 0 Å². The van der Waals surface area contributed by atoms with Crippen molar-refractivity contribution in [3.8, 4) is 28.5 Å². The summed E-state index contributed by atoms with van der Waals surface area (Å²) >= 11 is 6.26. The van der Waals surface area contributed by atoms with E-state index in [9.17, 15) is 4.79 Å². The highest BCUT2D eigenvalue weighted by Crippen LogP contribution is 2.36. The number of benzene rings is 2. The molecule has 2 aromatic carbocycles. The SMILES string of the molecule is CCOc1c(Cl)cc(/C=N\Nc2nc(-c3ccc(OC)cc3)cc(=O)[nH]2)cc1OC. The summed E-state index contributed by atoms with van der Waals surface area (Å²) in [6.45, 7) is 2.33. The largest absolute Gasteiger partial charge is 0.497 e. The van der Waals surface area contributed by atoms with Crippen LogP contribution in [0, 0.1) is 0 Å². The van der Waals surface area contributed by atoms with Gasteiger partial charge in [0.1, 0.15) is 5.75 Å². The zero-order chi connectivity index (χ0) is 21.5. The fraction of sp³-hybridized carbons (Fsp3) is 0.190. The molecular weight excluding hydrogens is 408 g/mol. The topological polar surface area (TPSA) is 97.8 Å². The normalized spacial score (nSPS) is 10.8. The lowest BCUT2D eigenvalue weighted by Gasteiger charge is -2.11. The first kappa shape index (κ1) is 21.2. The summed E-state index contributed by atoms with van der Waals surface area (Å²) < 4.78 is 16.0. The number of hydrogen-bond acceptors (Lipinski definition) is 7. The average Bonchev–Trinajstić information content (AvgIpc) is 2.75. The van der Waals surface area contributed by atoms with E-state index in [1.165, 1.54) is 19.4 Å². The summed E-state index contributed by atoms with van der Waals surface area (Å²) in [5, 5.41) is 4.53. The van der Waals surface area contributed by atoms with E-state index in [0.29, 0.717) is 34.4 Å². The molecule has 0 saturated carbocycles. The number of halogens is 1. The van der Waals surface area contributed by atoms with Crippen LogP contribution in [0.4, 0.5) is 5.95 Å². The van der Waals surface area contributed by atoms with Crippen LogP contribution in [0.25, 0.3) is 11.3 Å². The quantitative estimate of drug-likeness (QED) is 0.416. The minimum absolute atomic E-state index is 0.202. The Morgan fingerprint density at radius 1 is 1.17 bits per heavy atom. The van der Waals surface area contributed by atoms with Gasteiger partial charge in [-0.15, -0.1) is 0 Å². The second-order valence-electron chi connectivity index (χ2n) is 6.04. The third kappa shape index (κ3) is 5.09. The van der Waals surface area contributed by atoms with E-state index in [4.69, 9.17) is 25.8 Å². The Kier molecular flexibility index (Phi) is 6.92. The van der Waals surface area contributed by atoms with E-state index in [1.807, 2.05) is 19.1 Å². The second-order valence-corrected chi connectivity index (χ2v) is 6.45. The molecule has 0 aliphatic heterocycles. The van der Waals surface area contributed by atoms with Gasteiger partial charge < -0.3 is 14.2 Å². The molecule has 1 aromatic heterocycles. The molecule has 0 fully saturated rings. The Bertz CT molecular complexity index is 1100. The lowest BCUT2D eigenvalue weighted by Crippen LogP contribution is -2.10. The van der Waals surface area contributed by atoms with E-state index in [-0.39, 0.29) is 11.5 Å². The van der Waals surface area contributed by atoms with Crippen LogP contribution in [0.1, 0.15) is 12.5 Å². The smallest absolute Gasteiger partial charge is 0.252 e. The molecule has 0 aliphatic rings. The maximum atomic E-state index is 12.0. The van der Waals surface area contributed by atoms with Crippen molar-refractivity contribution in [1.29, 1.82) is 0 Å². The Morgan fingerprint density at radius 2 is 1.93 bits per heavy atom. The van der Waals surface area contributed by atoms with Crippen molar-refractivity contribution in [2.75, 3.05) is 26.3 Å². The van der Waals surface area contributed by atoms with Crippen molar-refractivity contribution in [3.63, 3.8) is 0 Å². The zero-order valence-corrected chi connectivity index (χ0v) is 17.5. The van der Waals surface area contributed by atoms with E-state index >= 15 is 0 Å². The van der Waals surface area contributed by atoms with E-state index in [1.54, 1.807) is 31.4 Å². The van der Waals surface area contributed by atoms with Crippen LogP contribution in [0.5, 0.6) is 17.2 Å². The predicted octanol–water partition coefficient (Wildman–Crippen LogP) is 3.95. The van der Waals surface area contributed by atoms with Crippen molar-refractivity contribution in [2.45, 2.75) is 6.92 Å². The molecule has 0 radical (unpaired) electrons. The summed E-state index contributed by atoms with van der Waals surface area (Å²) in [6.07, 6.45) is 1.53. The summed E-state index contributed by atoms with van der Waals surface area (Å²) in [6, 6.07) is 12.1. The van der Waals surface area contributed by atoms with Gasteiger partial charge in [-0.2, -0.15) is 5.10 Å². The van der Waals surface area contributed by atoms with Gasteiger partial charge in [-0.25, -0.2) is 10.4 Å². The van der Waals surface area contributed by atoms with Gasteiger partial charge in [0.05, 0.1) is 37.8 Å². The number of rotatable bonds is 8. The molecule has 156 valence electrons. The van der Waals surface area contributed by atoms with Crippen LogP contribution in [0.3, 0.4) is 0 Å². The Morgan fingerprint density at radius 3 is 2.60 bits per heavy atom. The number of H-pyrrole nitrogens is 1. The summed E-state index contributed by atoms with van der Waals surface area (Å²) in [5.74, 6) is 1.90. The first-order valence-corrected chi connectivity index (χ1v) is 9.47. The fourth-order valence-corrected chi connectivity index (χ4v) is 2.96. The Labute approximate surface area is 178 Å². The van der Waals surface area contributed by atoms with Crippen molar-refractivity contribution in [3.05, 3.63) is 63.4 Å². The standard InChI is InChI=1S/C21H21ClN4O4/c1-4-30-20-16(22)9-13(10-18(20)29-3)12-23-26-21-24-17(11-19(27)25-21)14-5-7-15(28-2)8-6-14/h5-12H,4H2,1-3H3,(H2,24,25,26,27)/b23-12-. The van der Waals surface area contributed by atoms with Crippen LogP contribution in [-0.2, 0) is 0 Å². The Balaban J connectivity index is 1.80. The highest BCUT2D eigenvalue weighted by atomic mass is 35.5. The minimum atomic E-state index is -0.306. The maximum absolute atomic E-state index is 12.0. The van der Waals surface area contributed by atoms with Crippen LogP contribution >= 0.6 is 11.6 Å². The summed E-state index contributed by atoms with van der Waals surface area (Å²) in [5.41, 5.74) is 4.38. The average molecular weight is 429 g/mol. The highest BCUT2D eigenvalue weighted by Gasteiger charge is 2.11.